The van der Waals surface area contributed by atoms with Gasteiger partial charge in [0.25, 0.3) is 0 Å². The zero-order chi connectivity index (χ0) is 25.1. The highest BCUT2D eigenvalue weighted by Gasteiger charge is 2.33. The van der Waals surface area contributed by atoms with Gasteiger partial charge in [-0.2, -0.15) is 5.26 Å². The molecule has 4 rings (SSSR count). The van der Waals surface area contributed by atoms with Crippen molar-refractivity contribution in [3.63, 3.8) is 0 Å². The number of carbonyl (C=O) groups excluding carboxylic acids is 2. The minimum absolute atomic E-state index is 0.00225. The van der Waals surface area contributed by atoms with E-state index in [1.54, 1.807) is 0 Å². The van der Waals surface area contributed by atoms with Gasteiger partial charge in [0.15, 0.2) is 0 Å². The van der Waals surface area contributed by atoms with Crippen LogP contribution < -0.4 is 4.90 Å². The molecule has 1 aliphatic carbocycles. The number of unbranched alkanes of at least 4 members (excludes halogenated alkanes) is 1. The van der Waals surface area contributed by atoms with E-state index in [-0.39, 0.29) is 6.03 Å². The maximum atomic E-state index is 13.4. The van der Waals surface area contributed by atoms with Gasteiger partial charge in [-0.25, -0.2) is 9.78 Å². The Bertz CT molecular complexity index is 1160. The molecule has 0 bridgehead atoms. The maximum absolute atomic E-state index is 13.4. The molecule has 1 heterocycles. The van der Waals surface area contributed by atoms with E-state index in [0.29, 0.717) is 25.6 Å². The van der Waals surface area contributed by atoms with Crippen LogP contribution >= 0.6 is 0 Å². The highest BCUT2D eigenvalue weighted by atomic mass is 16.2. The summed E-state index contributed by atoms with van der Waals surface area (Å²) in [5.41, 5.74) is 3.92. The molecular weight excluding hydrogens is 426 g/mol. The van der Waals surface area contributed by atoms with Crippen molar-refractivity contribution < 1.29 is 9.59 Å². The number of rotatable bonds is 7. The number of imidazole rings is 1. The van der Waals surface area contributed by atoms with Gasteiger partial charge in [-0.3, -0.25) is 4.90 Å². The van der Waals surface area contributed by atoms with Crippen molar-refractivity contribution >= 4 is 29.5 Å². The minimum atomic E-state index is 0.00225. The second-order valence-electron chi connectivity index (χ2n) is 7.93. The van der Waals surface area contributed by atoms with Crippen molar-refractivity contribution in [2.45, 2.75) is 51.7 Å². The molecule has 0 radical (unpaired) electrons. The second-order valence-corrected chi connectivity index (χ2v) is 7.93. The summed E-state index contributed by atoms with van der Waals surface area (Å²) in [7, 11) is 1.89. The maximum Gasteiger partial charge on any atom is 0.324 e. The third kappa shape index (κ3) is 6.02. The van der Waals surface area contributed by atoms with Crippen molar-refractivity contribution in [2.75, 3.05) is 11.9 Å². The summed E-state index contributed by atoms with van der Waals surface area (Å²) in [5, 5.41) is 8.96. The first kappa shape index (κ1) is 26.2. The fraction of sp³-hybridized carbons (Fsp3) is 0.333. The van der Waals surface area contributed by atoms with Crippen LogP contribution in [0.15, 0.2) is 48.5 Å². The first-order chi connectivity index (χ1) is 16.6. The number of hydrogen-bond acceptors (Lipinski definition) is 4. The molecule has 176 valence electrons. The number of amides is 2. The van der Waals surface area contributed by atoms with Gasteiger partial charge < -0.3 is 14.3 Å². The Balaban J connectivity index is 0.000000970. The van der Waals surface area contributed by atoms with Gasteiger partial charge in [-0.1, -0.05) is 30.3 Å². The van der Waals surface area contributed by atoms with Crippen LogP contribution in [0.2, 0.25) is 0 Å². The molecule has 2 aromatic carbocycles. The van der Waals surface area contributed by atoms with E-state index in [1.807, 2.05) is 73.0 Å². The van der Waals surface area contributed by atoms with Gasteiger partial charge in [0.1, 0.15) is 12.6 Å². The van der Waals surface area contributed by atoms with Crippen LogP contribution in [0.25, 0.3) is 11.0 Å². The van der Waals surface area contributed by atoms with Gasteiger partial charge in [-0.05, 0) is 49.9 Å². The highest BCUT2D eigenvalue weighted by Crippen LogP contribution is 2.30. The Morgan fingerprint density at radius 2 is 1.82 bits per heavy atom. The predicted molar refractivity (Wildman–Crippen MR) is 135 cm³/mol. The topological polar surface area (TPSA) is 82.2 Å². The van der Waals surface area contributed by atoms with E-state index in [4.69, 9.17) is 15.0 Å². The van der Waals surface area contributed by atoms with Crippen LogP contribution in [-0.2, 0) is 17.9 Å². The second kappa shape index (κ2) is 12.8. The van der Waals surface area contributed by atoms with E-state index in [9.17, 15) is 4.79 Å². The summed E-state index contributed by atoms with van der Waals surface area (Å²) >= 11 is 0. The first-order valence-electron chi connectivity index (χ1n) is 11.1. The summed E-state index contributed by atoms with van der Waals surface area (Å²) in [6.07, 6.45) is 11.4. The number of carbonyl (C=O) groups is 2. The number of nitriles is 1. The van der Waals surface area contributed by atoms with Gasteiger partial charge in [0, 0.05) is 31.7 Å². The summed E-state index contributed by atoms with van der Waals surface area (Å²) in [6, 6.07) is 18.6. The van der Waals surface area contributed by atoms with Crippen molar-refractivity contribution in [1.82, 2.24) is 14.5 Å². The molecule has 1 aliphatic rings. The zero-order valence-corrected chi connectivity index (χ0v) is 19.9. The average Bonchev–Trinajstić information content (AvgIpc) is 3.67. The lowest BCUT2D eigenvalue weighted by atomic mass is 10.2. The van der Waals surface area contributed by atoms with Gasteiger partial charge in [0.05, 0.1) is 23.6 Å². The number of aromatic nitrogens is 2. The molecule has 1 fully saturated rings. The molecule has 7 heteroatoms. The summed E-state index contributed by atoms with van der Waals surface area (Å²) in [5.74, 6) is 0.843. The number of terminal acetylenes is 1. The average molecular weight is 458 g/mol. The Labute approximate surface area is 201 Å². The molecule has 2 amide bonds. The molecular formula is C27H31N5O2. The molecule has 0 unspecified atom stereocenters. The SMILES string of the molecule is C#C.C=O.Cc1ccccc1N(Cc1nc2ccccc2n1CCCC#N)C(=O)N(C)C1CC1. The quantitative estimate of drug-likeness (QED) is 0.372. The summed E-state index contributed by atoms with van der Waals surface area (Å²) < 4.78 is 2.16. The molecule has 0 N–H and O–H groups in total. The normalized spacial score (nSPS) is 11.9. The van der Waals surface area contributed by atoms with Crippen LogP contribution in [0.1, 0.15) is 37.1 Å². The molecule has 0 aliphatic heterocycles. The zero-order valence-electron chi connectivity index (χ0n) is 19.9. The minimum Gasteiger partial charge on any atom is -0.326 e. The molecule has 34 heavy (non-hydrogen) atoms. The van der Waals surface area contributed by atoms with Crippen molar-refractivity contribution in [3.8, 4) is 18.9 Å². The number of benzene rings is 2. The number of urea groups is 1. The lowest BCUT2D eigenvalue weighted by Crippen LogP contribution is -2.42. The third-order valence-electron chi connectivity index (χ3n) is 5.74. The molecule has 3 aromatic rings. The highest BCUT2D eigenvalue weighted by molar-refractivity contribution is 5.93. The summed E-state index contributed by atoms with van der Waals surface area (Å²) in [4.78, 5) is 30.0. The number of para-hydroxylation sites is 3. The Morgan fingerprint density at radius 1 is 1.18 bits per heavy atom. The van der Waals surface area contributed by atoms with E-state index in [0.717, 1.165) is 47.4 Å². The van der Waals surface area contributed by atoms with Crippen molar-refractivity contribution in [3.05, 3.63) is 59.9 Å². The first-order valence-corrected chi connectivity index (χ1v) is 11.1. The fourth-order valence-corrected chi connectivity index (χ4v) is 3.88. The molecule has 1 saturated carbocycles. The largest absolute Gasteiger partial charge is 0.326 e. The van der Waals surface area contributed by atoms with Crippen LogP contribution in [0.3, 0.4) is 0 Å². The molecule has 7 nitrogen and oxygen atoms in total. The number of aryl methyl sites for hydroxylation is 2. The smallest absolute Gasteiger partial charge is 0.324 e. The monoisotopic (exact) mass is 457 g/mol. The predicted octanol–water partition coefficient (Wildman–Crippen LogP) is 4.93. The molecule has 1 aromatic heterocycles. The van der Waals surface area contributed by atoms with Crippen LogP contribution in [-0.4, -0.2) is 40.4 Å². The van der Waals surface area contributed by atoms with E-state index in [1.165, 1.54) is 0 Å². The van der Waals surface area contributed by atoms with Crippen molar-refractivity contribution in [2.24, 2.45) is 0 Å². The summed E-state index contributed by atoms with van der Waals surface area (Å²) in [6.45, 7) is 5.13. The Morgan fingerprint density at radius 3 is 2.47 bits per heavy atom. The molecule has 0 atom stereocenters. The van der Waals surface area contributed by atoms with Crippen LogP contribution in [0.4, 0.5) is 10.5 Å². The lowest BCUT2D eigenvalue weighted by molar-refractivity contribution is -0.0980. The van der Waals surface area contributed by atoms with Gasteiger partial charge in [-0.15, -0.1) is 12.8 Å². The number of hydrogen-bond donors (Lipinski definition) is 0. The van der Waals surface area contributed by atoms with E-state index >= 15 is 0 Å². The number of fused-ring (bicyclic) bond motifs is 1. The third-order valence-corrected chi connectivity index (χ3v) is 5.74. The van der Waals surface area contributed by atoms with E-state index in [2.05, 4.69) is 29.5 Å². The number of anilines is 1. The van der Waals surface area contributed by atoms with Crippen LogP contribution in [0, 0.1) is 31.1 Å². The molecule has 0 spiro atoms. The fourth-order valence-electron chi connectivity index (χ4n) is 3.88. The van der Waals surface area contributed by atoms with Crippen LogP contribution in [0.5, 0.6) is 0 Å². The van der Waals surface area contributed by atoms with Gasteiger partial charge >= 0.3 is 6.03 Å². The Hall–Kier alpha value is -4.10. The Kier molecular flexibility index (Phi) is 9.86. The van der Waals surface area contributed by atoms with Crippen molar-refractivity contribution in [1.29, 1.82) is 5.26 Å². The standard InChI is InChI=1S/C24H27N5O.C2H2.CH2O/c1-18-9-3-5-11-21(18)29(24(30)27(2)19-13-14-19)17-23-26-20-10-4-6-12-22(20)28(23)16-8-7-15-25;2*1-2/h3-6,9-12,19H,7-8,13-14,16-17H2,1-2H3;1-2H;1H2. The van der Waals surface area contributed by atoms with E-state index < -0.39 is 0 Å². The number of nitrogens with zero attached hydrogens (tertiary/aromatic N) is 5. The lowest BCUT2D eigenvalue weighted by Gasteiger charge is -2.29. The molecule has 0 saturated heterocycles. The van der Waals surface area contributed by atoms with Gasteiger partial charge in [0.2, 0.25) is 0 Å².